The van der Waals surface area contributed by atoms with Crippen LogP contribution < -0.4 is 26.4 Å². The predicted octanol–water partition coefficient (Wildman–Crippen LogP) is 16.1. The van der Waals surface area contributed by atoms with E-state index in [0.717, 1.165) is 79.0 Å². The quantitative estimate of drug-likeness (QED) is 0.0227. The zero-order chi connectivity index (χ0) is 84.0. The Hall–Kier alpha value is -7.12. The molecule has 1 unspecified atom stereocenters. The molecule has 114 heavy (non-hydrogen) atoms. The summed E-state index contributed by atoms with van der Waals surface area (Å²) in [6.07, 6.45) is 19.0. The first kappa shape index (κ1) is 94.0. The van der Waals surface area contributed by atoms with Gasteiger partial charge in [-0.1, -0.05) is 115 Å². The van der Waals surface area contributed by atoms with Gasteiger partial charge in [-0.3, -0.25) is 37.7 Å². The number of Topliss-reactive ketones (excluding diaryl/α,β-unsaturated/α-hetero) is 3. The van der Waals surface area contributed by atoms with E-state index in [2.05, 4.69) is 99.9 Å². The number of nitrogens with one attached hydrogen (secondary N) is 4. The van der Waals surface area contributed by atoms with Crippen LogP contribution in [0.3, 0.4) is 0 Å². The number of nitrogens with two attached hydrogens (primary N) is 1. The summed E-state index contributed by atoms with van der Waals surface area (Å²) < 4.78 is 34.0. The predicted molar refractivity (Wildman–Crippen MR) is 451 cm³/mol. The smallest absolute Gasteiger partial charge is 0.333 e. The molecule has 0 amide bonds. The van der Waals surface area contributed by atoms with Crippen molar-refractivity contribution >= 4 is 166 Å². The van der Waals surface area contributed by atoms with Gasteiger partial charge in [0.1, 0.15) is 61.6 Å². The lowest BCUT2D eigenvalue weighted by atomic mass is 9.96. The van der Waals surface area contributed by atoms with Crippen molar-refractivity contribution in [3.63, 3.8) is 0 Å². The number of aliphatic hydroxyl groups excluding tert-OH is 4. The molecule has 36 heteroatoms. The largest absolute Gasteiger partial charge is 0.397 e. The molecule has 27 nitrogen and oxygen atoms in total. The van der Waals surface area contributed by atoms with E-state index in [0.29, 0.717) is 140 Å². The van der Waals surface area contributed by atoms with Gasteiger partial charge in [-0.2, -0.15) is 8.42 Å². The molecule has 620 valence electrons. The summed E-state index contributed by atoms with van der Waals surface area (Å²) in [6.45, 7) is 21.1. The molecule has 4 aliphatic carbocycles. The van der Waals surface area contributed by atoms with Crippen molar-refractivity contribution < 1.29 is 68.0 Å². The van der Waals surface area contributed by atoms with Gasteiger partial charge in [0, 0.05) is 91.7 Å². The molecule has 0 aliphatic heterocycles. The van der Waals surface area contributed by atoms with E-state index in [1.807, 2.05) is 0 Å². The van der Waals surface area contributed by atoms with Crippen molar-refractivity contribution in [3.8, 4) is 0 Å². The molecule has 8 aromatic rings. The maximum absolute atomic E-state index is 13.0. The SMILES string of the molecule is C.CC(=O)c1cc(C(=O)c2cncnc2N[C@@H]2C[C@H](CO)[C@@H](C)C2)sc1Cl.CC(=O)c1cc(C(=O)c2cncnc2N[C@@H]2C[C@H](COS(N)(=O)=O)[C@@H](O)C2)sc1Cl.CCO.CC[C@H]1C[C@@H](Nc2ncncc2C(=O)c2cc(C(C)=O)c(Cl)s2)C[C@@H]1C.CC[C@H]1C[C@@H](Nc2ncncc2C(=O)c2cc(C(C)O)c(Cl)s2)C[C@@H]1C.[2H]CC. The Morgan fingerprint density at radius 1 is 0.518 bits per heavy atom. The van der Waals surface area contributed by atoms with Gasteiger partial charge in [0.25, 0.3) is 0 Å². The molecule has 13 atom stereocenters. The fourth-order valence-corrected chi connectivity index (χ4v) is 19.7. The third-order valence-corrected chi connectivity index (χ3v) is 25.9. The molecule has 0 saturated heterocycles. The standard InChI is InChI=1S/C19H24ClN3O2S.C19H22ClN3O2S.C18H20ClN3O3S.C17H19ClN4O6S2.C2H6O.C2H6.CH4/c2*1-4-12-6-13(5-10(12)2)23-19-15(8-21-9-22-19)17(25)16-7-14(11(3)24)18(20)26-16;1-9-3-12(4-11(9)7-23)22-18-14(6-20-8-21-18)16(25)15-5-13(10(2)24)17(19)26-15;1-8(23)11-4-14(29-16(11)18)15(25)12-5-20-7-21-17(12)22-10-2-9(13(24)3-10)6-28-30(19,26)27;1-2-3;1-2;/h7-13,24H,4-6H2,1-3H3,(H,21,22,23);7-10,12-13H,4-6H2,1-3H3,(H,21,22,23);5-6,8-9,11-12,23H,3-4,7H2,1-2H3,(H,20,21,22);4-5,7,9-10,13,24H,2-3,6H2,1H3,(H2,19,26,27)(H,20,21,22);3H,2H2,1H3;1-2H3;1H4/t10-,11?,12-,13-;10-,12-,13-;9-,11+,12-;9-,10-,13+;;;/m0001.../s1/i;;;;;1D;. The monoisotopic (exact) mass is 1740 g/mol. The number of carbonyl (C=O) groups is 7. The van der Waals surface area contributed by atoms with E-state index in [1.54, 1.807) is 39.1 Å². The highest BCUT2D eigenvalue weighted by atomic mass is 35.5. The van der Waals surface area contributed by atoms with E-state index in [9.17, 15) is 57.3 Å². The zero-order valence-electron chi connectivity index (χ0n) is 65.4. The van der Waals surface area contributed by atoms with Gasteiger partial charge in [-0.25, -0.2) is 45.0 Å². The molecule has 0 spiro atoms. The second-order valence-corrected chi connectivity index (χ2v) is 35.8. The number of aromatic nitrogens is 8. The summed E-state index contributed by atoms with van der Waals surface area (Å²) in [5, 5.41) is 55.1. The lowest BCUT2D eigenvalue weighted by Gasteiger charge is -2.15. The van der Waals surface area contributed by atoms with Crippen molar-refractivity contribution in [1.29, 1.82) is 0 Å². The Kier molecular flexibility index (Phi) is 37.1. The van der Waals surface area contributed by atoms with Crippen molar-refractivity contribution in [2.45, 2.75) is 191 Å². The fourth-order valence-electron chi connectivity index (χ4n) is 14.0. The maximum Gasteiger partial charge on any atom is 0.333 e. The van der Waals surface area contributed by atoms with Crippen molar-refractivity contribution in [3.05, 3.63) is 156 Å². The molecule has 10 N–H and O–H groups in total. The van der Waals surface area contributed by atoms with Crippen molar-refractivity contribution in [2.75, 3.05) is 41.1 Å². The maximum atomic E-state index is 13.0. The van der Waals surface area contributed by atoms with E-state index in [1.165, 1.54) is 94.6 Å². The number of hydrogen-bond acceptors (Lipinski definition) is 30. The van der Waals surface area contributed by atoms with Crippen LogP contribution in [0.25, 0.3) is 0 Å². The van der Waals surface area contributed by atoms with E-state index in [4.69, 9.17) is 58.0 Å². The van der Waals surface area contributed by atoms with E-state index < -0.39 is 34.2 Å². The summed E-state index contributed by atoms with van der Waals surface area (Å²) in [6, 6.07) is 6.65. The summed E-state index contributed by atoms with van der Waals surface area (Å²) >= 11 is 28.7. The average Bonchev–Trinajstić information content (AvgIpc) is 1.72. The molecule has 8 aromatic heterocycles. The normalized spacial score (nSPS) is 21.6. The Morgan fingerprint density at radius 2 is 0.798 bits per heavy atom. The van der Waals surface area contributed by atoms with Gasteiger partial charge in [-0.15, -0.1) is 45.3 Å². The number of ketones is 7. The number of thiophene rings is 4. The minimum Gasteiger partial charge on any atom is -0.397 e. The van der Waals surface area contributed by atoms with Crippen LogP contribution in [-0.4, -0.2) is 159 Å². The highest BCUT2D eigenvalue weighted by molar-refractivity contribution is 7.84. The molecule has 0 aromatic carbocycles. The van der Waals surface area contributed by atoms with Gasteiger partial charge in [-0.05, 0) is 146 Å². The van der Waals surface area contributed by atoms with Gasteiger partial charge in [0.15, 0.2) is 17.3 Å². The molecular formula is C78H101Cl4N13O14S5. The number of nitrogens with zero attached hydrogens (tertiary/aromatic N) is 8. The number of aliphatic hydroxyl groups is 4. The Morgan fingerprint density at radius 3 is 1.05 bits per heavy atom. The number of hydrogen-bond donors (Lipinski definition) is 9. The lowest BCUT2D eigenvalue weighted by molar-refractivity contribution is 0.100. The van der Waals surface area contributed by atoms with Crippen LogP contribution in [0.15, 0.2) is 74.4 Å². The molecule has 8 heterocycles. The minimum absolute atomic E-state index is 0. The Labute approximate surface area is 702 Å². The van der Waals surface area contributed by atoms with E-state index >= 15 is 0 Å². The first-order valence-electron chi connectivity index (χ1n) is 37.5. The van der Waals surface area contributed by atoms with Crippen LogP contribution in [0.4, 0.5) is 23.3 Å². The summed E-state index contributed by atoms with van der Waals surface area (Å²) in [7, 11) is -4.10. The molecule has 4 aliphatic rings. The molecular weight excluding hydrogens is 1650 g/mol. The van der Waals surface area contributed by atoms with Gasteiger partial charge in [0.05, 0.1) is 64.9 Å². The van der Waals surface area contributed by atoms with E-state index in [-0.39, 0.29) is 106 Å². The minimum atomic E-state index is -4.10. The topological polar surface area (TPSA) is 421 Å². The number of carbonyl (C=O) groups excluding carboxylic acids is 7. The van der Waals surface area contributed by atoms with Gasteiger partial charge < -0.3 is 41.7 Å². The number of anilines is 4. The van der Waals surface area contributed by atoms with Crippen LogP contribution in [0.2, 0.25) is 17.3 Å². The molecule has 4 fully saturated rings. The Bertz CT molecular complexity index is 4610. The number of rotatable bonds is 26. The molecule has 12 rings (SSSR count). The Balaban J connectivity index is 0.000000232. The summed E-state index contributed by atoms with van der Waals surface area (Å²) in [5.74, 6) is 3.16. The van der Waals surface area contributed by atoms with Crippen LogP contribution in [0.1, 0.15) is 260 Å². The number of halogens is 4. The summed E-state index contributed by atoms with van der Waals surface area (Å²) in [4.78, 5) is 121. The lowest BCUT2D eigenvalue weighted by Crippen LogP contribution is -2.24. The first-order valence-corrected chi connectivity index (χ1v) is 43.0. The second-order valence-electron chi connectivity index (χ2n) is 27.9. The zero-order valence-corrected chi connectivity index (χ0v) is 71.5. The van der Waals surface area contributed by atoms with Crippen LogP contribution in [0.5, 0.6) is 0 Å². The van der Waals surface area contributed by atoms with Crippen molar-refractivity contribution in [2.24, 2.45) is 46.6 Å². The van der Waals surface area contributed by atoms with Gasteiger partial charge in [0.2, 0.25) is 23.1 Å². The van der Waals surface area contributed by atoms with Gasteiger partial charge >= 0.3 is 10.3 Å². The molecule has 4 saturated carbocycles. The molecule has 0 radical (unpaired) electrons. The third kappa shape index (κ3) is 25.9. The average molecular weight is 1750 g/mol. The molecule has 0 bridgehead atoms. The summed E-state index contributed by atoms with van der Waals surface area (Å²) in [5.41, 5.74) is 2.95. The fraction of sp³-hybridized carbons (Fsp3) is 0.500. The van der Waals surface area contributed by atoms with Crippen LogP contribution in [0, 0.1) is 41.4 Å². The van der Waals surface area contributed by atoms with Crippen molar-refractivity contribution in [1.82, 2.24) is 39.9 Å². The van der Waals surface area contributed by atoms with Crippen LogP contribution >= 0.6 is 91.8 Å². The second kappa shape index (κ2) is 45.0. The highest BCUT2D eigenvalue weighted by Crippen LogP contribution is 2.41. The van der Waals surface area contributed by atoms with Crippen LogP contribution in [-0.2, 0) is 14.5 Å². The third-order valence-electron chi connectivity index (χ3n) is 20.0. The highest BCUT2D eigenvalue weighted by Gasteiger charge is 2.38. The first-order chi connectivity index (χ1) is 54.1.